The molecule has 1 heterocycles. The van der Waals surface area contributed by atoms with Gasteiger partial charge in [-0.2, -0.15) is 0 Å². The number of hydrogen-bond acceptors (Lipinski definition) is 5. The van der Waals surface area contributed by atoms with Crippen molar-refractivity contribution >= 4 is 11.9 Å². The Labute approximate surface area is 175 Å². The van der Waals surface area contributed by atoms with Crippen LogP contribution in [0.2, 0.25) is 0 Å². The van der Waals surface area contributed by atoms with E-state index in [9.17, 15) is 14.0 Å². The van der Waals surface area contributed by atoms with E-state index in [0.29, 0.717) is 17.1 Å². The number of benzene rings is 2. The molecule has 1 atom stereocenters. The van der Waals surface area contributed by atoms with Crippen molar-refractivity contribution < 1.29 is 28.2 Å². The topological polar surface area (TPSA) is 65.1 Å². The monoisotopic (exact) mass is 415 g/mol. The van der Waals surface area contributed by atoms with Crippen molar-refractivity contribution in [1.29, 1.82) is 0 Å². The Morgan fingerprint density at radius 3 is 2.70 bits per heavy atom. The largest absolute Gasteiger partial charge is 0.483 e. The molecule has 0 radical (unpaired) electrons. The van der Waals surface area contributed by atoms with E-state index in [1.165, 1.54) is 24.0 Å². The maximum absolute atomic E-state index is 13.3. The number of halogens is 1. The minimum absolute atomic E-state index is 0.207. The van der Waals surface area contributed by atoms with Gasteiger partial charge in [-0.15, -0.1) is 0 Å². The summed E-state index contributed by atoms with van der Waals surface area (Å²) in [7, 11) is 1.57. The van der Waals surface area contributed by atoms with Gasteiger partial charge >= 0.3 is 5.97 Å². The Bertz CT molecular complexity index is 943. The third-order valence-corrected chi connectivity index (χ3v) is 4.74. The van der Waals surface area contributed by atoms with Crippen LogP contribution in [0.1, 0.15) is 31.9 Å². The molecule has 30 heavy (non-hydrogen) atoms. The number of carbonyl (C=O) groups is 2. The molecule has 0 fully saturated rings. The molecule has 160 valence electrons. The molecule has 1 aliphatic rings. The van der Waals surface area contributed by atoms with Crippen LogP contribution >= 0.6 is 0 Å². The molecule has 1 aliphatic heterocycles. The van der Waals surface area contributed by atoms with E-state index in [4.69, 9.17) is 14.2 Å². The van der Waals surface area contributed by atoms with Crippen LogP contribution in [0.15, 0.2) is 42.5 Å². The summed E-state index contributed by atoms with van der Waals surface area (Å²) in [5.74, 6) is -0.320. The molecule has 0 aromatic heterocycles. The molecule has 2 aromatic rings. The first-order valence-corrected chi connectivity index (χ1v) is 9.77. The fourth-order valence-electron chi connectivity index (χ4n) is 3.42. The maximum atomic E-state index is 13.3. The maximum Gasteiger partial charge on any atom is 0.344 e. The second kappa shape index (κ2) is 8.73. The van der Waals surface area contributed by atoms with Gasteiger partial charge in [0.25, 0.3) is 5.91 Å². The summed E-state index contributed by atoms with van der Waals surface area (Å²) in [4.78, 5) is 26.0. The first-order valence-electron chi connectivity index (χ1n) is 9.77. The highest BCUT2D eigenvalue weighted by Gasteiger charge is 2.32. The van der Waals surface area contributed by atoms with Gasteiger partial charge in [0.2, 0.25) is 0 Å². The van der Waals surface area contributed by atoms with E-state index in [1.54, 1.807) is 25.2 Å². The second-order valence-corrected chi connectivity index (χ2v) is 8.03. The number of esters is 1. The summed E-state index contributed by atoms with van der Waals surface area (Å²) in [5, 5.41) is 0. The molecule has 0 N–H and O–H groups in total. The number of carbonyl (C=O) groups excluding carboxylic acids is 2. The van der Waals surface area contributed by atoms with E-state index < -0.39 is 18.0 Å². The van der Waals surface area contributed by atoms with Crippen LogP contribution in [0.25, 0.3) is 0 Å². The average molecular weight is 415 g/mol. The highest BCUT2D eigenvalue weighted by atomic mass is 19.1. The van der Waals surface area contributed by atoms with E-state index in [2.05, 4.69) is 0 Å². The zero-order valence-electron chi connectivity index (χ0n) is 17.6. The summed E-state index contributed by atoms with van der Waals surface area (Å²) < 4.78 is 30.0. The summed E-state index contributed by atoms with van der Waals surface area (Å²) in [6, 6.07) is 11.5. The van der Waals surface area contributed by atoms with Crippen LogP contribution in [0, 0.1) is 5.82 Å². The number of fused-ring (bicyclic) bond motifs is 1. The summed E-state index contributed by atoms with van der Waals surface area (Å²) in [5.41, 5.74) is 1.34. The molecular weight excluding hydrogens is 389 g/mol. The molecule has 6 nitrogen and oxygen atoms in total. The summed E-state index contributed by atoms with van der Waals surface area (Å²) in [6.45, 7) is 5.33. The zero-order valence-corrected chi connectivity index (χ0v) is 17.6. The van der Waals surface area contributed by atoms with Crippen LogP contribution in [0.3, 0.4) is 0 Å². The van der Waals surface area contributed by atoms with Gasteiger partial charge in [-0.25, -0.2) is 9.18 Å². The number of nitrogens with zero attached hydrogens (tertiary/aromatic N) is 1. The molecule has 0 aliphatic carbocycles. The Morgan fingerprint density at radius 2 is 1.97 bits per heavy atom. The molecule has 0 saturated carbocycles. The highest BCUT2D eigenvalue weighted by Crippen LogP contribution is 2.41. The van der Waals surface area contributed by atoms with Crippen molar-refractivity contribution in [2.45, 2.75) is 45.4 Å². The van der Waals surface area contributed by atoms with Gasteiger partial charge in [-0.05, 0) is 44.5 Å². The van der Waals surface area contributed by atoms with Crippen LogP contribution in [0.4, 0.5) is 4.39 Å². The van der Waals surface area contributed by atoms with Crippen molar-refractivity contribution in [3.8, 4) is 11.5 Å². The molecule has 0 spiro atoms. The normalized spacial score (nSPS) is 15.0. The summed E-state index contributed by atoms with van der Waals surface area (Å²) >= 11 is 0. The first kappa shape index (κ1) is 21.6. The standard InChI is InChI=1S/C23H26FNO5/c1-15(22(27)25(4)13-16-7-5-9-18(24)11-16)29-20(26)14-28-19-10-6-8-17-12-23(2,3)30-21(17)19/h5-11,15H,12-14H2,1-4H3. The molecular formula is C23H26FNO5. The lowest BCUT2D eigenvalue weighted by Gasteiger charge is -2.22. The number of hydrogen-bond donors (Lipinski definition) is 0. The summed E-state index contributed by atoms with van der Waals surface area (Å²) in [6.07, 6.45) is -0.232. The van der Waals surface area contributed by atoms with Crippen molar-refractivity contribution in [3.05, 3.63) is 59.4 Å². The number of rotatable bonds is 7. The molecule has 0 bridgehead atoms. The smallest absolute Gasteiger partial charge is 0.344 e. The number of ether oxygens (including phenoxy) is 3. The number of likely N-dealkylation sites (N-methyl/N-ethyl adjacent to an activating group) is 1. The van der Waals surface area contributed by atoms with E-state index in [0.717, 1.165) is 12.0 Å². The van der Waals surface area contributed by atoms with Gasteiger partial charge < -0.3 is 19.1 Å². The molecule has 0 saturated heterocycles. The molecule has 2 aromatic carbocycles. The zero-order chi connectivity index (χ0) is 21.9. The molecule has 1 unspecified atom stereocenters. The van der Waals surface area contributed by atoms with Gasteiger partial charge in [0.15, 0.2) is 24.2 Å². The fourth-order valence-corrected chi connectivity index (χ4v) is 3.42. The predicted octanol–water partition coefficient (Wildman–Crippen LogP) is 3.51. The average Bonchev–Trinajstić information content (AvgIpc) is 3.00. The number of amides is 1. The first-order chi connectivity index (χ1) is 14.1. The third kappa shape index (κ3) is 5.28. The van der Waals surface area contributed by atoms with Crippen molar-refractivity contribution in [2.24, 2.45) is 0 Å². The Balaban J connectivity index is 1.51. The van der Waals surface area contributed by atoms with E-state index >= 15 is 0 Å². The van der Waals surface area contributed by atoms with Gasteiger partial charge in [0.1, 0.15) is 11.4 Å². The fraction of sp³-hybridized carbons (Fsp3) is 0.391. The van der Waals surface area contributed by atoms with E-state index in [1.807, 2.05) is 26.0 Å². The van der Waals surface area contributed by atoms with Crippen LogP contribution in [-0.2, 0) is 27.3 Å². The van der Waals surface area contributed by atoms with Gasteiger partial charge in [-0.1, -0.05) is 24.3 Å². The quantitative estimate of drug-likeness (QED) is 0.648. The highest BCUT2D eigenvalue weighted by molar-refractivity contribution is 5.83. The predicted molar refractivity (Wildman–Crippen MR) is 109 cm³/mol. The minimum Gasteiger partial charge on any atom is -0.483 e. The van der Waals surface area contributed by atoms with Gasteiger partial charge in [0, 0.05) is 25.6 Å². The minimum atomic E-state index is -0.990. The number of para-hydroxylation sites is 1. The van der Waals surface area contributed by atoms with Gasteiger partial charge in [-0.3, -0.25) is 4.79 Å². The van der Waals surface area contributed by atoms with Gasteiger partial charge in [0.05, 0.1) is 0 Å². The van der Waals surface area contributed by atoms with E-state index in [-0.39, 0.29) is 24.6 Å². The molecule has 3 rings (SSSR count). The Kier molecular flexibility index (Phi) is 6.29. The molecule has 7 heteroatoms. The lowest BCUT2D eigenvalue weighted by atomic mass is 10.0. The second-order valence-electron chi connectivity index (χ2n) is 8.03. The lowest BCUT2D eigenvalue weighted by Crippen LogP contribution is -2.37. The van der Waals surface area contributed by atoms with Crippen molar-refractivity contribution in [2.75, 3.05) is 13.7 Å². The van der Waals surface area contributed by atoms with Crippen LogP contribution < -0.4 is 9.47 Å². The molecule has 1 amide bonds. The third-order valence-electron chi connectivity index (χ3n) is 4.74. The van der Waals surface area contributed by atoms with Crippen molar-refractivity contribution in [3.63, 3.8) is 0 Å². The van der Waals surface area contributed by atoms with Crippen molar-refractivity contribution in [1.82, 2.24) is 4.90 Å². The van der Waals surface area contributed by atoms with Crippen LogP contribution in [-0.4, -0.2) is 42.1 Å². The SMILES string of the molecule is CC(OC(=O)COc1cccc2c1OC(C)(C)C2)C(=O)N(C)Cc1cccc(F)c1. The Morgan fingerprint density at radius 1 is 1.23 bits per heavy atom. The lowest BCUT2D eigenvalue weighted by molar-refractivity contribution is -0.160. The Hall–Kier alpha value is -3.09. The van der Waals surface area contributed by atoms with Crippen LogP contribution in [0.5, 0.6) is 11.5 Å².